The number of anilines is 1. The van der Waals surface area contributed by atoms with E-state index in [-0.39, 0.29) is 0 Å². The number of nitrogens with one attached hydrogen (secondary N) is 2. The first-order valence-electron chi connectivity index (χ1n) is 11.9. The number of nitrogens with zero attached hydrogens (tertiary/aromatic N) is 3. The van der Waals surface area contributed by atoms with Crippen molar-refractivity contribution in [2.24, 2.45) is 10.9 Å². The Kier molecular flexibility index (Phi) is 9.90. The smallest absolute Gasteiger partial charge is 0.191 e. The van der Waals surface area contributed by atoms with Crippen molar-refractivity contribution in [2.45, 2.75) is 39.8 Å². The van der Waals surface area contributed by atoms with Crippen molar-refractivity contribution >= 4 is 11.6 Å². The molecule has 1 aromatic carbocycles. The molecule has 2 N–H and O–H groups in total. The van der Waals surface area contributed by atoms with Gasteiger partial charge in [0.05, 0.1) is 33.0 Å². The summed E-state index contributed by atoms with van der Waals surface area (Å²) in [5.74, 6) is 1.55. The van der Waals surface area contributed by atoms with Gasteiger partial charge >= 0.3 is 0 Å². The highest BCUT2D eigenvalue weighted by atomic mass is 16.5. The van der Waals surface area contributed by atoms with E-state index in [1.165, 1.54) is 17.7 Å². The van der Waals surface area contributed by atoms with Crippen LogP contribution in [0.2, 0.25) is 0 Å². The molecule has 0 saturated carbocycles. The van der Waals surface area contributed by atoms with Gasteiger partial charge < -0.3 is 25.0 Å². The Morgan fingerprint density at radius 2 is 1.68 bits per heavy atom. The fourth-order valence-corrected chi connectivity index (χ4v) is 4.33. The molecule has 2 aliphatic heterocycles. The quantitative estimate of drug-likeness (QED) is 0.462. The lowest BCUT2D eigenvalue weighted by molar-refractivity contribution is 0.0132. The van der Waals surface area contributed by atoms with E-state index in [0.29, 0.717) is 18.5 Å². The molecule has 31 heavy (non-hydrogen) atoms. The zero-order chi connectivity index (χ0) is 21.9. The fraction of sp³-hybridized carbons (Fsp3) is 0.708. The summed E-state index contributed by atoms with van der Waals surface area (Å²) in [7, 11) is 0. The van der Waals surface area contributed by atoms with E-state index in [1.807, 2.05) is 0 Å². The molecule has 0 aliphatic carbocycles. The Morgan fingerprint density at radius 3 is 2.35 bits per heavy atom. The van der Waals surface area contributed by atoms with Gasteiger partial charge in [-0.15, -0.1) is 0 Å². The molecule has 2 fully saturated rings. The highest BCUT2D eigenvalue weighted by Crippen LogP contribution is 2.22. The third kappa shape index (κ3) is 7.66. The average Bonchev–Trinajstić information content (AvgIpc) is 2.81. The Morgan fingerprint density at radius 1 is 1.00 bits per heavy atom. The summed E-state index contributed by atoms with van der Waals surface area (Å²) < 4.78 is 11.1. The molecule has 174 valence electrons. The zero-order valence-electron chi connectivity index (χ0n) is 19.6. The number of hydrogen-bond acceptors (Lipinski definition) is 5. The first kappa shape index (κ1) is 23.8. The van der Waals surface area contributed by atoms with Crippen LogP contribution in [0.1, 0.15) is 32.8 Å². The summed E-state index contributed by atoms with van der Waals surface area (Å²) in [6, 6.07) is 9.10. The minimum Gasteiger partial charge on any atom is -0.379 e. The van der Waals surface area contributed by atoms with Crippen molar-refractivity contribution in [3.05, 3.63) is 29.8 Å². The second-order valence-electron chi connectivity index (χ2n) is 8.74. The molecule has 1 unspecified atom stereocenters. The maximum Gasteiger partial charge on any atom is 0.191 e. The molecule has 1 aromatic rings. The summed E-state index contributed by atoms with van der Waals surface area (Å²) in [5, 5.41) is 7.04. The number of para-hydroxylation sites is 1. The molecule has 2 aliphatic rings. The molecule has 0 spiro atoms. The average molecular weight is 432 g/mol. The lowest BCUT2D eigenvalue weighted by Crippen LogP contribution is -2.51. The summed E-state index contributed by atoms with van der Waals surface area (Å²) >= 11 is 0. The first-order chi connectivity index (χ1) is 15.2. The molecule has 2 saturated heterocycles. The highest BCUT2D eigenvalue weighted by Gasteiger charge is 2.22. The van der Waals surface area contributed by atoms with Crippen molar-refractivity contribution in [3.8, 4) is 0 Å². The van der Waals surface area contributed by atoms with Gasteiger partial charge in [0.2, 0.25) is 0 Å². The van der Waals surface area contributed by atoms with Gasteiger partial charge in [-0.1, -0.05) is 32.0 Å². The van der Waals surface area contributed by atoms with Gasteiger partial charge in [0.1, 0.15) is 0 Å². The summed E-state index contributed by atoms with van der Waals surface area (Å²) in [4.78, 5) is 9.90. The third-order valence-corrected chi connectivity index (χ3v) is 5.91. The minimum atomic E-state index is 0.494. The van der Waals surface area contributed by atoms with E-state index >= 15 is 0 Å². The van der Waals surface area contributed by atoms with Crippen LogP contribution in [0.25, 0.3) is 0 Å². The minimum absolute atomic E-state index is 0.494. The largest absolute Gasteiger partial charge is 0.379 e. The Hall–Kier alpha value is -1.83. The zero-order valence-corrected chi connectivity index (χ0v) is 19.6. The van der Waals surface area contributed by atoms with Gasteiger partial charge in [-0.25, -0.2) is 4.99 Å². The molecule has 0 amide bonds. The number of ether oxygens (including phenoxy) is 2. The number of rotatable bonds is 9. The standard InChI is InChI=1S/C24H41N5O2/c1-4-25-24(27-19-22(17-20(2)3)28-9-13-30-14-10-28)26-18-21-7-5-6-8-23(21)29-11-15-31-16-12-29/h5-8,20,22H,4,9-19H2,1-3H3,(H2,25,26,27). The lowest BCUT2D eigenvalue weighted by atomic mass is 10.0. The number of hydrogen-bond donors (Lipinski definition) is 2. The molecule has 3 rings (SSSR count). The Balaban J connectivity index is 1.64. The molecule has 0 bridgehead atoms. The van der Waals surface area contributed by atoms with Gasteiger partial charge in [-0.3, -0.25) is 4.90 Å². The van der Waals surface area contributed by atoms with Crippen molar-refractivity contribution in [1.82, 2.24) is 15.5 Å². The number of morpholine rings is 2. The van der Waals surface area contributed by atoms with Crippen LogP contribution in [0.4, 0.5) is 5.69 Å². The number of guanidine groups is 1. The molecular formula is C24H41N5O2. The van der Waals surface area contributed by atoms with E-state index in [2.05, 4.69) is 65.5 Å². The number of benzene rings is 1. The summed E-state index contributed by atoms with van der Waals surface area (Å²) in [6.45, 7) is 16.3. The third-order valence-electron chi connectivity index (χ3n) is 5.91. The molecular weight excluding hydrogens is 390 g/mol. The summed E-state index contributed by atoms with van der Waals surface area (Å²) in [5.41, 5.74) is 2.53. The van der Waals surface area contributed by atoms with Crippen molar-refractivity contribution in [3.63, 3.8) is 0 Å². The maximum atomic E-state index is 5.56. The lowest BCUT2D eigenvalue weighted by Gasteiger charge is -2.35. The van der Waals surface area contributed by atoms with Crippen molar-refractivity contribution < 1.29 is 9.47 Å². The Bertz CT molecular complexity index is 670. The Labute approximate surface area is 188 Å². The molecule has 0 aromatic heterocycles. The fourth-order valence-electron chi connectivity index (χ4n) is 4.33. The topological polar surface area (TPSA) is 61.4 Å². The van der Waals surface area contributed by atoms with E-state index < -0.39 is 0 Å². The molecule has 7 nitrogen and oxygen atoms in total. The maximum absolute atomic E-state index is 5.56. The molecule has 1 atom stereocenters. The van der Waals surface area contributed by atoms with E-state index in [9.17, 15) is 0 Å². The monoisotopic (exact) mass is 431 g/mol. The van der Waals surface area contributed by atoms with E-state index in [0.717, 1.165) is 71.7 Å². The van der Waals surface area contributed by atoms with Crippen LogP contribution >= 0.6 is 0 Å². The van der Waals surface area contributed by atoms with Gasteiger partial charge in [-0.2, -0.15) is 0 Å². The van der Waals surface area contributed by atoms with E-state index in [1.54, 1.807) is 0 Å². The second kappa shape index (κ2) is 12.9. The highest BCUT2D eigenvalue weighted by molar-refractivity contribution is 5.79. The molecule has 7 heteroatoms. The van der Waals surface area contributed by atoms with Crippen LogP contribution in [0.3, 0.4) is 0 Å². The molecule has 0 radical (unpaired) electrons. The van der Waals surface area contributed by atoms with Crippen LogP contribution < -0.4 is 15.5 Å². The van der Waals surface area contributed by atoms with Crippen LogP contribution in [0.15, 0.2) is 29.3 Å². The van der Waals surface area contributed by atoms with Crippen molar-refractivity contribution in [2.75, 3.05) is 70.6 Å². The van der Waals surface area contributed by atoms with Gasteiger partial charge in [-0.05, 0) is 30.9 Å². The second-order valence-corrected chi connectivity index (χ2v) is 8.74. The predicted molar refractivity (Wildman–Crippen MR) is 128 cm³/mol. The van der Waals surface area contributed by atoms with Gasteiger partial charge in [0, 0.05) is 51.0 Å². The normalized spacial score (nSPS) is 19.5. The van der Waals surface area contributed by atoms with E-state index in [4.69, 9.17) is 14.5 Å². The number of aliphatic imine (C=N–C) groups is 1. The van der Waals surface area contributed by atoms with Crippen LogP contribution in [-0.4, -0.2) is 82.6 Å². The predicted octanol–water partition coefficient (Wildman–Crippen LogP) is 2.33. The first-order valence-corrected chi connectivity index (χ1v) is 11.9. The van der Waals surface area contributed by atoms with Crippen LogP contribution in [0, 0.1) is 5.92 Å². The van der Waals surface area contributed by atoms with Crippen molar-refractivity contribution in [1.29, 1.82) is 0 Å². The molecule has 2 heterocycles. The van der Waals surface area contributed by atoms with Crippen LogP contribution in [-0.2, 0) is 16.0 Å². The van der Waals surface area contributed by atoms with Crippen LogP contribution in [0.5, 0.6) is 0 Å². The van der Waals surface area contributed by atoms with Gasteiger partial charge in [0.15, 0.2) is 5.96 Å². The SMILES string of the molecule is CCNC(=NCc1ccccc1N1CCOCC1)NCC(CC(C)C)N1CCOCC1. The van der Waals surface area contributed by atoms with Gasteiger partial charge in [0.25, 0.3) is 0 Å². The summed E-state index contributed by atoms with van der Waals surface area (Å²) in [6.07, 6.45) is 1.17.